The van der Waals surface area contributed by atoms with Gasteiger partial charge in [-0.1, -0.05) is 0 Å². The number of hydrogen-bond acceptors (Lipinski definition) is 10. The van der Waals surface area contributed by atoms with Crippen LogP contribution in [0.1, 0.15) is 54.7 Å². The fraction of sp³-hybridized carbons (Fsp3) is 0.455. The number of anilines is 5. The van der Waals surface area contributed by atoms with Crippen LogP contribution in [0.15, 0.2) is 53.3 Å². The van der Waals surface area contributed by atoms with Crippen molar-refractivity contribution in [2.45, 2.75) is 56.8 Å². The molecule has 15 heteroatoms. The van der Waals surface area contributed by atoms with Gasteiger partial charge in [0.05, 0.1) is 51.0 Å². The van der Waals surface area contributed by atoms with Gasteiger partial charge in [-0.05, 0) is 106 Å². The third-order valence-electron chi connectivity index (χ3n) is 13.2. The lowest BCUT2D eigenvalue weighted by Crippen LogP contribution is -2.52. The summed E-state index contributed by atoms with van der Waals surface area (Å²) in [6.45, 7) is 6.87. The van der Waals surface area contributed by atoms with E-state index in [1.165, 1.54) is 16.5 Å². The zero-order valence-electron chi connectivity index (χ0n) is 34.1. The first kappa shape index (κ1) is 38.8. The number of nitrogens with one attached hydrogen (secondary N) is 1. The molecule has 1 atom stereocenters. The predicted octanol–water partition coefficient (Wildman–Crippen LogP) is 4.78. The van der Waals surface area contributed by atoms with E-state index in [9.17, 15) is 25.1 Å². The zero-order valence-corrected chi connectivity index (χ0v) is 34.1. The summed E-state index contributed by atoms with van der Waals surface area (Å²) in [5, 5.41) is 40.0. The maximum Gasteiger partial charge on any atom is 0.325 e. The Bertz CT molecular complexity index is 2580. The maximum atomic E-state index is 15.8. The summed E-state index contributed by atoms with van der Waals surface area (Å²) >= 11 is 0. The lowest BCUT2D eigenvalue weighted by Gasteiger charge is -2.43. The van der Waals surface area contributed by atoms with Crippen molar-refractivity contribution in [3.63, 3.8) is 0 Å². The molecule has 308 valence electrons. The Kier molecular flexibility index (Phi) is 9.77. The number of carbonyl (C=O) groups excluding carboxylic acids is 1. The van der Waals surface area contributed by atoms with Crippen LogP contribution in [0.2, 0.25) is 0 Å². The van der Waals surface area contributed by atoms with Crippen LogP contribution >= 0.6 is 0 Å². The molecule has 3 fully saturated rings. The molecule has 0 aliphatic carbocycles. The summed E-state index contributed by atoms with van der Waals surface area (Å²) in [5.41, 5.74) is 6.68. The number of hydrogen-bond donors (Lipinski definition) is 3. The molecule has 3 aromatic carbocycles. The smallest absolute Gasteiger partial charge is 0.325 e. The number of aromatic nitrogens is 3. The summed E-state index contributed by atoms with van der Waals surface area (Å²) in [6, 6.07) is 17.4. The van der Waals surface area contributed by atoms with Gasteiger partial charge in [0, 0.05) is 83.2 Å². The maximum absolute atomic E-state index is 15.8. The Hall–Kier alpha value is -5.69. The highest BCUT2D eigenvalue weighted by Gasteiger charge is 2.37. The molecule has 4 aliphatic rings. The van der Waals surface area contributed by atoms with Gasteiger partial charge < -0.3 is 39.7 Å². The lowest BCUT2D eigenvalue weighted by molar-refractivity contribution is -0.0213. The second kappa shape index (κ2) is 14.8. The van der Waals surface area contributed by atoms with Crippen molar-refractivity contribution in [3.8, 4) is 6.07 Å². The van der Waals surface area contributed by atoms with Crippen LogP contribution in [0.4, 0.5) is 37.8 Å². The van der Waals surface area contributed by atoms with Gasteiger partial charge in [0.25, 0.3) is 5.56 Å². The van der Waals surface area contributed by atoms with Gasteiger partial charge in [-0.2, -0.15) is 10.4 Å². The lowest BCUT2D eigenvalue weighted by atomic mass is 9.86. The largest absolute Gasteiger partial charge is 0.388 e. The number of nitrogens with zero attached hydrogens (tertiary/aromatic N) is 9. The molecule has 3 saturated heterocycles. The highest BCUT2D eigenvalue weighted by atomic mass is 19.1. The summed E-state index contributed by atoms with van der Waals surface area (Å²) in [4.78, 5) is 36.1. The van der Waals surface area contributed by atoms with E-state index in [1.54, 1.807) is 22.4 Å². The van der Waals surface area contributed by atoms with E-state index in [0.29, 0.717) is 72.4 Å². The van der Waals surface area contributed by atoms with Crippen molar-refractivity contribution in [3.05, 3.63) is 81.4 Å². The molecule has 0 radical (unpaired) electrons. The fourth-order valence-corrected chi connectivity index (χ4v) is 9.75. The van der Waals surface area contributed by atoms with Gasteiger partial charge in [-0.25, -0.2) is 9.18 Å². The van der Waals surface area contributed by atoms with E-state index >= 15 is 4.39 Å². The second-order valence-corrected chi connectivity index (χ2v) is 17.0. The number of amides is 2. The first-order valence-corrected chi connectivity index (χ1v) is 20.6. The molecule has 6 heterocycles. The van der Waals surface area contributed by atoms with Gasteiger partial charge in [0.15, 0.2) is 5.82 Å². The average Bonchev–Trinajstić information content (AvgIpc) is 3.54. The Morgan fingerprint density at radius 3 is 2.34 bits per heavy atom. The van der Waals surface area contributed by atoms with Crippen LogP contribution in [0.5, 0.6) is 0 Å². The number of carbonyl (C=O) groups is 1. The Labute approximate surface area is 342 Å². The number of piperidine rings is 2. The van der Waals surface area contributed by atoms with Gasteiger partial charge in [0.1, 0.15) is 12.0 Å². The molecular formula is C44H51FN10O4. The van der Waals surface area contributed by atoms with Crippen LogP contribution in [0.3, 0.4) is 0 Å². The number of likely N-dealkylation sites (N-methyl/N-ethyl adjacent to an activating group) is 1. The predicted molar refractivity (Wildman–Crippen MR) is 227 cm³/mol. The van der Waals surface area contributed by atoms with Crippen molar-refractivity contribution in [1.82, 2.24) is 24.6 Å². The summed E-state index contributed by atoms with van der Waals surface area (Å²) in [6.07, 6.45) is 2.23. The topological polar surface area (TPSA) is 149 Å². The number of likely N-dealkylation sites (tertiary alicyclic amines) is 1. The number of rotatable bonds is 6. The quantitative estimate of drug-likeness (QED) is 0.219. The van der Waals surface area contributed by atoms with Crippen LogP contribution in [0.25, 0.3) is 21.8 Å². The number of nitriles is 1. The minimum Gasteiger partial charge on any atom is -0.388 e. The zero-order chi connectivity index (χ0) is 41.3. The summed E-state index contributed by atoms with van der Waals surface area (Å²) < 4.78 is 19.2. The SMILES string of the molecule is Cc1cc2c(N3CCN(C)c4ccc(C#N)cc43)cc(C3CCN(CC4(O)CCN(c5cc6c(cc5F)c(N5CCC(O)NC5=O)nn6C)CC4)CC3)cc2n(C)c1=O. The van der Waals surface area contributed by atoms with Crippen LogP contribution in [-0.4, -0.2) is 107 Å². The minimum atomic E-state index is -0.914. The number of halogens is 1. The molecule has 59 heavy (non-hydrogen) atoms. The van der Waals surface area contributed by atoms with E-state index in [-0.39, 0.29) is 18.0 Å². The standard InChI is InChI=1S/C44H51FN10O4/c1-27-19-31-35(50(3)42(27)57)21-30(22-37(31)54-18-17-49(2)34-6-5-28(25-46)20-39(34)54)29-7-12-52(13-8-29)26-44(59)10-15-53(16-11-44)38-24-36-32(23-33(38)45)41(48-51(36)4)55-14-9-40(56)47-43(55)58/h5-6,19-24,29,40,56,59H,7-18,26H2,1-4H3,(H,47,58). The molecule has 3 N–H and O–H groups in total. The number of fused-ring (bicyclic) bond motifs is 3. The van der Waals surface area contributed by atoms with Gasteiger partial charge in [-0.3, -0.25) is 14.4 Å². The highest BCUT2D eigenvalue weighted by Crippen LogP contribution is 2.43. The van der Waals surface area contributed by atoms with Crippen LogP contribution < -0.4 is 30.5 Å². The molecule has 0 saturated carbocycles. The Morgan fingerprint density at radius 2 is 1.61 bits per heavy atom. The fourth-order valence-electron chi connectivity index (χ4n) is 9.75. The van der Waals surface area contributed by atoms with E-state index in [2.05, 4.69) is 50.4 Å². The Balaban J connectivity index is 0.898. The number of urea groups is 1. The summed E-state index contributed by atoms with van der Waals surface area (Å²) in [5.74, 6) is 0.209. The minimum absolute atomic E-state index is 0.0137. The first-order chi connectivity index (χ1) is 28.3. The van der Waals surface area contributed by atoms with Gasteiger partial charge >= 0.3 is 6.03 Å². The average molecular weight is 803 g/mol. The second-order valence-electron chi connectivity index (χ2n) is 17.0. The third kappa shape index (κ3) is 6.92. The van der Waals surface area contributed by atoms with E-state index in [1.807, 2.05) is 43.1 Å². The summed E-state index contributed by atoms with van der Waals surface area (Å²) in [7, 11) is 5.69. The molecule has 5 aromatic rings. The van der Waals surface area contributed by atoms with Crippen molar-refractivity contribution in [2.75, 3.05) is 79.0 Å². The van der Waals surface area contributed by atoms with Gasteiger partial charge in [0.2, 0.25) is 0 Å². The molecule has 14 nitrogen and oxygen atoms in total. The van der Waals surface area contributed by atoms with E-state index in [0.717, 1.165) is 67.0 Å². The molecule has 9 rings (SSSR count). The molecule has 2 amide bonds. The molecule has 4 aliphatic heterocycles. The van der Waals surface area contributed by atoms with E-state index in [4.69, 9.17) is 0 Å². The first-order valence-electron chi connectivity index (χ1n) is 20.6. The van der Waals surface area contributed by atoms with Crippen molar-refractivity contribution in [1.29, 1.82) is 5.26 Å². The van der Waals surface area contributed by atoms with Crippen molar-refractivity contribution in [2.24, 2.45) is 14.1 Å². The number of pyridine rings is 1. The number of aryl methyl sites for hydroxylation is 3. The van der Waals surface area contributed by atoms with E-state index < -0.39 is 23.7 Å². The number of β-amino-alcohol motifs (C(OH)–C–C–N with tert-alkyl or cyclic N) is 1. The number of aliphatic hydroxyl groups is 2. The molecule has 0 bridgehead atoms. The van der Waals surface area contributed by atoms with Crippen LogP contribution in [0, 0.1) is 24.1 Å². The number of benzene rings is 3. The number of aliphatic hydroxyl groups excluding tert-OH is 1. The van der Waals surface area contributed by atoms with Crippen molar-refractivity contribution >= 4 is 56.4 Å². The third-order valence-corrected chi connectivity index (χ3v) is 13.2. The Morgan fingerprint density at radius 1 is 0.847 bits per heavy atom. The van der Waals surface area contributed by atoms with Crippen molar-refractivity contribution < 1.29 is 19.4 Å². The molecule has 0 spiro atoms. The molecular weight excluding hydrogens is 752 g/mol. The molecule has 2 aromatic heterocycles. The van der Waals surface area contributed by atoms with Gasteiger partial charge in [-0.15, -0.1) is 0 Å². The normalized spacial score (nSPS) is 20.3. The highest BCUT2D eigenvalue weighted by molar-refractivity contribution is 6.02. The molecule has 1 unspecified atom stereocenters. The van der Waals surface area contributed by atoms with Crippen LogP contribution in [-0.2, 0) is 14.1 Å². The monoisotopic (exact) mass is 802 g/mol.